The molecule has 0 unspecified atom stereocenters. The molecule has 0 radical (unpaired) electrons. The summed E-state index contributed by atoms with van der Waals surface area (Å²) in [6.07, 6.45) is 4.72. The lowest BCUT2D eigenvalue weighted by atomic mass is 10.0. The molecule has 1 aliphatic carbocycles. The lowest BCUT2D eigenvalue weighted by molar-refractivity contribution is 0.301. The van der Waals surface area contributed by atoms with Crippen LogP contribution >= 0.6 is 0 Å². The highest BCUT2D eigenvalue weighted by molar-refractivity contribution is 7.90. The zero-order chi connectivity index (χ0) is 17.5. The summed E-state index contributed by atoms with van der Waals surface area (Å²) < 4.78 is 43.4. The minimum absolute atomic E-state index is 0.113. The van der Waals surface area contributed by atoms with Crippen molar-refractivity contribution < 1.29 is 17.5 Å². The summed E-state index contributed by atoms with van der Waals surface area (Å²) in [6, 6.07) is 4.51. The van der Waals surface area contributed by atoms with Crippen molar-refractivity contribution in [1.82, 2.24) is 4.98 Å². The Bertz CT molecular complexity index is 946. The van der Waals surface area contributed by atoms with Crippen LogP contribution in [0.5, 0.6) is 5.75 Å². The Morgan fingerprint density at radius 1 is 1.29 bits per heavy atom. The van der Waals surface area contributed by atoms with Crippen molar-refractivity contribution >= 4 is 9.84 Å². The van der Waals surface area contributed by atoms with Gasteiger partial charge in [-0.2, -0.15) is 0 Å². The first-order chi connectivity index (χ1) is 11.3. The van der Waals surface area contributed by atoms with Gasteiger partial charge >= 0.3 is 0 Å². The molecule has 0 aliphatic heterocycles. The van der Waals surface area contributed by atoms with Crippen LogP contribution in [0.25, 0.3) is 11.1 Å². The van der Waals surface area contributed by atoms with Crippen LogP contribution in [0.1, 0.15) is 18.4 Å². The lowest BCUT2D eigenvalue weighted by Gasteiger charge is -2.14. The number of hydrogen-bond donors (Lipinski definition) is 1. The average Bonchev–Trinajstić information content (AvgIpc) is 3.34. The van der Waals surface area contributed by atoms with E-state index in [9.17, 15) is 17.6 Å². The molecular weight excluding hydrogens is 333 g/mol. The number of hydrogen-bond acceptors (Lipinski definition) is 4. The fourth-order valence-electron chi connectivity index (χ4n) is 2.45. The van der Waals surface area contributed by atoms with Gasteiger partial charge in [0.25, 0.3) is 5.56 Å². The Hall–Kier alpha value is -2.15. The fraction of sp³-hybridized carbons (Fsp3) is 0.353. The van der Waals surface area contributed by atoms with Gasteiger partial charge in [0.1, 0.15) is 5.75 Å². The highest BCUT2D eigenvalue weighted by Crippen LogP contribution is 2.36. The van der Waals surface area contributed by atoms with Gasteiger partial charge in [-0.25, -0.2) is 12.8 Å². The second-order valence-corrected chi connectivity index (χ2v) is 8.17. The quantitative estimate of drug-likeness (QED) is 0.898. The van der Waals surface area contributed by atoms with E-state index in [1.807, 2.05) is 0 Å². The van der Waals surface area contributed by atoms with Crippen molar-refractivity contribution in [3.8, 4) is 16.9 Å². The zero-order valence-electron chi connectivity index (χ0n) is 13.4. The van der Waals surface area contributed by atoms with E-state index in [0.717, 1.165) is 19.1 Å². The van der Waals surface area contributed by atoms with E-state index in [1.54, 1.807) is 6.07 Å². The summed E-state index contributed by atoms with van der Waals surface area (Å²) in [4.78, 5) is 13.8. The van der Waals surface area contributed by atoms with Crippen LogP contribution in [-0.4, -0.2) is 26.3 Å². The van der Waals surface area contributed by atoms with E-state index >= 15 is 0 Å². The lowest BCUT2D eigenvalue weighted by Crippen LogP contribution is -2.13. The number of sulfone groups is 1. The predicted molar refractivity (Wildman–Crippen MR) is 88.5 cm³/mol. The molecule has 0 spiro atoms. The van der Waals surface area contributed by atoms with Crippen molar-refractivity contribution in [3.05, 3.63) is 46.1 Å². The Balaban J connectivity index is 2.14. The second-order valence-electron chi connectivity index (χ2n) is 6.15. The Morgan fingerprint density at radius 2 is 2.00 bits per heavy atom. The van der Waals surface area contributed by atoms with E-state index in [-0.39, 0.29) is 10.5 Å². The van der Waals surface area contributed by atoms with Gasteiger partial charge < -0.3 is 9.72 Å². The smallest absolute Gasteiger partial charge is 0.284 e. The number of benzene rings is 1. The molecule has 5 nitrogen and oxygen atoms in total. The molecule has 1 aromatic heterocycles. The molecule has 24 heavy (non-hydrogen) atoms. The highest BCUT2D eigenvalue weighted by Gasteiger charge is 2.23. The third-order valence-electron chi connectivity index (χ3n) is 4.12. The molecule has 128 valence electrons. The van der Waals surface area contributed by atoms with Crippen molar-refractivity contribution in [2.75, 3.05) is 12.9 Å². The van der Waals surface area contributed by atoms with Gasteiger partial charge in [0.15, 0.2) is 15.7 Å². The molecule has 7 heteroatoms. The molecule has 3 rings (SSSR count). The van der Waals surface area contributed by atoms with Crippen LogP contribution in [-0.2, 0) is 9.84 Å². The maximum atomic E-state index is 14.0. The van der Waals surface area contributed by atoms with Crippen molar-refractivity contribution in [2.45, 2.75) is 24.7 Å². The van der Waals surface area contributed by atoms with Crippen LogP contribution in [0.3, 0.4) is 0 Å². The molecule has 0 amide bonds. The van der Waals surface area contributed by atoms with Gasteiger partial charge in [0, 0.05) is 23.6 Å². The summed E-state index contributed by atoms with van der Waals surface area (Å²) in [6.45, 7) is 2.02. The topological polar surface area (TPSA) is 76.2 Å². The average molecular weight is 351 g/mol. The van der Waals surface area contributed by atoms with Crippen LogP contribution in [0.2, 0.25) is 0 Å². The Morgan fingerprint density at radius 3 is 2.62 bits per heavy atom. The Kier molecular flexibility index (Phi) is 4.21. The van der Waals surface area contributed by atoms with E-state index in [2.05, 4.69) is 4.98 Å². The number of nitrogens with one attached hydrogen (secondary N) is 1. The zero-order valence-corrected chi connectivity index (χ0v) is 14.2. The molecule has 1 saturated carbocycles. The largest absolute Gasteiger partial charge is 0.493 e. The normalized spacial score (nSPS) is 14.6. The van der Waals surface area contributed by atoms with Crippen LogP contribution in [0.15, 0.2) is 34.1 Å². The van der Waals surface area contributed by atoms with Crippen molar-refractivity contribution in [1.29, 1.82) is 0 Å². The summed E-state index contributed by atoms with van der Waals surface area (Å²) in [5.74, 6) is 0.107. The van der Waals surface area contributed by atoms with Gasteiger partial charge in [0.05, 0.1) is 11.5 Å². The number of halogens is 1. The van der Waals surface area contributed by atoms with Crippen LogP contribution in [0.4, 0.5) is 4.39 Å². The number of pyridine rings is 1. The Labute approximate surface area is 139 Å². The number of rotatable bonds is 5. The van der Waals surface area contributed by atoms with E-state index in [0.29, 0.717) is 29.4 Å². The molecule has 1 aromatic carbocycles. The van der Waals surface area contributed by atoms with Gasteiger partial charge in [-0.15, -0.1) is 0 Å². The van der Waals surface area contributed by atoms with Crippen molar-refractivity contribution in [2.24, 2.45) is 5.92 Å². The molecule has 0 bridgehead atoms. The summed E-state index contributed by atoms with van der Waals surface area (Å²) >= 11 is 0. The van der Waals surface area contributed by atoms with E-state index < -0.39 is 21.2 Å². The summed E-state index contributed by atoms with van der Waals surface area (Å²) in [5, 5.41) is 0. The van der Waals surface area contributed by atoms with E-state index in [1.165, 1.54) is 25.3 Å². The van der Waals surface area contributed by atoms with Crippen LogP contribution in [0, 0.1) is 18.7 Å². The van der Waals surface area contributed by atoms with Gasteiger partial charge in [-0.05, 0) is 49.4 Å². The fourth-order valence-corrected chi connectivity index (χ4v) is 3.09. The first-order valence-electron chi connectivity index (χ1n) is 7.62. The molecular formula is C17H18FNO4S. The molecule has 1 heterocycles. The standard InChI is InChI=1S/C17H18FNO4S/c1-10-14(8-19-17(20)16(10)18)13-7-12(24(2,21)22)5-6-15(13)23-9-11-3-4-11/h5-8,11H,3-4,9H2,1-2H3,(H,19,20). The third-order valence-corrected chi connectivity index (χ3v) is 5.23. The molecule has 0 saturated heterocycles. The number of aromatic nitrogens is 1. The minimum atomic E-state index is -3.42. The van der Waals surface area contributed by atoms with Gasteiger partial charge in [-0.1, -0.05) is 0 Å². The van der Waals surface area contributed by atoms with Crippen molar-refractivity contribution in [3.63, 3.8) is 0 Å². The number of H-pyrrole nitrogens is 1. The van der Waals surface area contributed by atoms with E-state index in [4.69, 9.17) is 4.74 Å². The maximum absolute atomic E-state index is 14.0. The minimum Gasteiger partial charge on any atom is -0.493 e. The summed E-state index contributed by atoms with van der Waals surface area (Å²) in [5.41, 5.74) is 0.200. The monoisotopic (exact) mass is 351 g/mol. The van der Waals surface area contributed by atoms with Gasteiger partial charge in [0.2, 0.25) is 0 Å². The first kappa shape index (κ1) is 16.7. The molecule has 2 aromatic rings. The number of ether oxygens (including phenoxy) is 1. The maximum Gasteiger partial charge on any atom is 0.284 e. The van der Waals surface area contributed by atoms with Gasteiger partial charge in [-0.3, -0.25) is 4.79 Å². The molecule has 1 aliphatic rings. The third kappa shape index (κ3) is 3.36. The summed E-state index contributed by atoms with van der Waals surface area (Å²) in [7, 11) is -3.42. The second kappa shape index (κ2) is 6.05. The first-order valence-corrected chi connectivity index (χ1v) is 9.51. The number of aromatic amines is 1. The highest BCUT2D eigenvalue weighted by atomic mass is 32.2. The van der Waals surface area contributed by atoms with Crippen LogP contribution < -0.4 is 10.3 Å². The SMILES string of the molecule is Cc1c(-c2cc(S(C)(=O)=O)ccc2OCC2CC2)c[nH]c(=O)c1F. The molecule has 1 fully saturated rings. The molecule has 0 atom stereocenters. The predicted octanol–water partition coefficient (Wildman–Crippen LogP) is 2.68. The molecule has 1 N–H and O–H groups in total.